The van der Waals surface area contributed by atoms with Gasteiger partial charge in [0, 0.05) is 22.0 Å². The van der Waals surface area contributed by atoms with E-state index in [9.17, 15) is 4.79 Å². The van der Waals surface area contributed by atoms with E-state index in [0.717, 1.165) is 16.2 Å². The van der Waals surface area contributed by atoms with Crippen molar-refractivity contribution >= 4 is 10.7 Å². The first-order chi connectivity index (χ1) is 12.4. The number of nitriles is 1. The Balaban J connectivity index is 2.01. The summed E-state index contributed by atoms with van der Waals surface area (Å²) in [5.74, 6) is 0.488. The van der Waals surface area contributed by atoms with E-state index in [1.807, 2.05) is 26.8 Å². The molecule has 0 amide bonds. The molecule has 7 heteroatoms. The van der Waals surface area contributed by atoms with E-state index in [2.05, 4.69) is 16.2 Å². The molecular weight excluding hydrogens is 346 g/mol. The van der Waals surface area contributed by atoms with Crippen LogP contribution in [-0.4, -0.2) is 20.0 Å². The maximum absolute atomic E-state index is 12.9. The average molecular weight is 365 g/mol. The fraction of sp³-hybridized carbons (Fsp3) is 0.211. The molecular formula is C19H19N5OS. The molecule has 1 unspecified atom stereocenters. The lowest BCUT2D eigenvalue weighted by Gasteiger charge is -2.09. The van der Waals surface area contributed by atoms with Gasteiger partial charge in [-0.3, -0.25) is 14.7 Å². The summed E-state index contributed by atoms with van der Waals surface area (Å²) in [5.41, 5.74) is 2.40. The highest BCUT2D eigenvalue weighted by molar-refractivity contribution is 7.86. The summed E-state index contributed by atoms with van der Waals surface area (Å²) < 4.78 is 9.56. The molecule has 6 nitrogen and oxygen atoms in total. The van der Waals surface area contributed by atoms with Crippen molar-refractivity contribution in [1.82, 2.24) is 14.8 Å². The Bertz CT molecular complexity index is 1050. The van der Waals surface area contributed by atoms with Gasteiger partial charge in [-0.2, -0.15) is 5.26 Å². The van der Waals surface area contributed by atoms with Crippen LogP contribution in [0, 0.1) is 23.0 Å². The Morgan fingerprint density at radius 2 is 1.92 bits per heavy atom. The maximum atomic E-state index is 12.9. The number of hydrogen-bond acceptors (Lipinski definition) is 4. The second-order valence-electron chi connectivity index (χ2n) is 6.18. The van der Waals surface area contributed by atoms with Crippen molar-refractivity contribution in [3.05, 3.63) is 64.2 Å². The lowest BCUT2D eigenvalue weighted by molar-refractivity contribution is 0.804. The van der Waals surface area contributed by atoms with Gasteiger partial charge in [0.1, 0.15) is 0 Å². The fourth-order valence-corrected chi connectivity index (χ4v) is 3.59. The smallest absolute Gasteiger partial charge is 0.280 e. The predicted molar refractivity (Wildman–Crippen MR) is 103 cm³/mol. The lowest BCUT2D eigenvalue weighted by atomic mass is 10.1. The van der Waals surface area contributed by atoms with Crippen molar-refractivity contribution in [3.63, 3.8) is 0 Å². The van der Waals surface area contributed by atoms with Crippen LogP contribution < -0.4 is 5.56 Å². The number of hydrogen-bond donors (Lipinski definition) is 2. The quantitative estimate of drug-likeness (QED) is 0.739. The molecule has 26 heavy (non-hydrogen) atoms. The van der Waals surface area contributed by atoms with Crippen LogP contribution in [0.3, 0.4) is 0 Å². The number of pyridine rings is 1. The van der Waals surface area contributed by atoms with Gasteiger partial charge in [-0.05, 0) is 36.8 Å². The Hall–Kier alpha value is -2.98. The molecule has 132 valence electrons. The number of aryl methyl sites for hydroxylation is 1. The number of nitrogens with one attached hydrogen (secondary N) is 2. The van der Waals surface area contributed by atoms with Crippen LogP contribution in [0.5, 0.6) is 0 Å². The zero-order chi connectivity index (χ0) is 18.8. The Kier molecular flexibility index (Phi) is 4.87. The highest BCUT2D eigenvalue weighted by Crippen LogP contribution is 2.20. The van der Waals surface area contributed by atoms with Crippen molar-refractivity contribution in [1.29, 1.82) is 10.0 Å². The topological polar surface area (TPSA) is 98.3 Å². The highest BCUT2D eigenvalue weighted by Gasteiger charge is 2.15. The van der Waals surface area contributed by atoms with Crippen molar-refractivity contribution in [2.45, 2.75) is 30.9 Å². The minimum absolute atomic E-state index is 0.193. The highest BCUT2D eigenvalue weighted by atomic mass is 32.2. The van der Waals surface area contributed by atoms with E-state index < -0.39 is 10.7 Å². The van der Waals surface area contributed by atoms with Gasteiger partial charge in [-0.1, -0.05) is 36.7 Å². The van der Waals surface area contributed by atoms with Gasteiger partial charge in [-0.25, -0.2) is 9.67 Å². The van der Waals surface area contributed by atoms with Gasteiger partial charge in [0.05, 0.1) is 17.2 Å². The van der Waals surface area contributed by atoms with Crippen molar-refractivity contribution in [2.24, 2.45) is 0 Å². The predicted octanol–water partition coefficient (Wildman–Crippen LogP) is 3.56. The van der Waals surface area contributed by atoms with Crippen LogP contribution in [-0.2, 0) is 10.7 Å². The number of H-pyrrole nitrogens is 1. The summed E-state index contributed by atoms with van der Waals surface area (Å²) in [6.45, 7) is 5.85. The number of aromatic nitrogens is 3. The molecule has 2 heterocycles. The van der Waals surface area contributed by atoms with Crippen molar-refractivity contribution in [2.75, 3.05) is 0 Å². The Morgan fingerprint density at radius 1 is 1.23 bits per heavy atom. The van der Waals surface area contributed by atoms with E-state index in [4.69, 9.17) is 10.0 Å². The normalized spacial score (nSPS) is 12.1. The van der Waals surface area contributed by atoms with Crippen LogP contribution in [0.2, 0.25) is 0 Å². The molecule has 2 aromatic heterocycles. The summed E-state index contributed by atoms with van der Waals surface area (Å²) in [6, 6.07) is 12.6. The van der Waals surface area contributed by atoms with E-state index in [0.29, 0.717) is 16.9 Å². The molecule has 0 spiro atoms. The average Bonchev–Trinajstić information content (AvgIpc) is 2.95. The van der Waals surface area contributed by atoms with Gasteiger partial charge in [0.15, 0.2) is 5.82 Å². The molecule has 0 saturated heterocycles. The standard InChI is InChI=1S/C19H19N5OS/c1-12(2)26(21)16-8-9-17(22-11-16)24-19(25)18(13(3)23-24)15-6-4-14(10-20)5-7-15/h4-9,11-12,21,23H,1-3H3. The molecule has 1 atom stereocenters. The van der Waals surface area contributed by atoms with E-state index >= 15 is 0 Å². The second kappa shape index (κ2) is 7.10. The molecule has 0 aliphatic rings. The zero-order valence-corrected chi connectivity index (χ0v) is 15.6. The molecule has 0 saturated carbocycles. The Morgan fingerprint density at radius 3 is 2.46 bits per heavy atom. The molecule has 0 bridgehead atoms. The molecule has 0 aliphatic heterocycles. The van der Waals surface area contributed by atoms with Crippen LogP contribution in [0.25, 0.3) is 16.9 Å². The summed E-state index contributed by atoms with van der Waals surface area (Å²) in [5, 5.41) is 12.2. The second-order valence-corrected chi connectivity index (χ2v) is 8.27. The van der Waals surface area contributed by atoms with E-state index in [-0.39, 0.29) is 10.8 Å². The van der Waals surface area contributed by atoms with Gasteiger partial charge in [0.2, 0.25) is 0 Å². The van der Waals surface area contributed by atoms with E-state index in [1.54, 1.807) is 36.5 Å². The molecule has 1 aromatic carbocycles. The fourth-order valence-electron chi connectivity index (χ4n) is 2.67. The third-order valence-electron chi connectivity index (χ3n) is 4.05. The van der Waals surface area contributed by atoms with Crippen LogP contribution in [0.15, 0.2) is 52.3 Å². The van der Waals surface area contributed by atoms with Crippen molar-refractivity contribution in [3.8, 4) is 23.0 Å². The molecule has 0 aliphatic carbocycles. The summed E-state index contributed by atoms with van der Waals surface area (Å²) >= 11 is 0. The van der Waals surface area contributed by atoms with E-state index in [1.165, 1.54) is 4.68 Å². The molecule has 2 N–H and O–H groups in total. The third kappa shape index (κ3) is 3.24. The molecule has 3 aromatic rings. The van der Waals surface area contributed by atoms with Gasteiger partial charge in [-0.15, -0.1) is 0 Å². The largest absolute Gasteiger partial charge is 0.293 e. The molecule has 3 rings (SSSR count). The molecule has 0 radical (unpaired) electrons. The van der Waals surface area contributed by atoms with Crippen molar-refractivity contribution < 1.29 is 0 Å². The van der Waals surface area contributed by atoms with Gasteiger partial charge in [0.25, 0.3) is 5.56 Å². The lowest BCUT2D eigenvalue weighted by Crippen LogP contribution is -2.17. The number of benzene rings is 1. The van der Waals surface area contributed by atoms with Crippen LogP contribution in [0.1, 0.15) is 25.1 Å². The number of nitrogens with zero attached hydrogens (tertiary/aromatic N) is 3. The zero-order valence-electron chi connectivity index (χ0n) is 14.8. The maximum Gasteiger partial charge on any atom is 0.280 e. The van der Waals surface area contributed by atoms with Gasteiger partial charge >= 0.3 is 0 Å². The minimum atomic E-state index is -0.624. The minimum Gasteiger partial charge on any atom is -0.293 e. The summed E-state index contributed by atoms with van der Waals surface area (Å²) in [6.07, 6.45) is 1.66. The van der Waals surface area contributed by atoms with Crippen LogP contribution in [0.4, 0.5) is 0 Å². The first kappa shape index (κ1) is 17.8. The number of aromatic amines is 1. The summed E-state index contributed by atoms with van der Waals surface area (Å²) in [4.78, 5) is 18.1. The van der Waals surface area contributed by atoms with Gasteiger partial charge < -0.3 is 0 Å². The Labute approximate surface area is 154 Å². The monoisotopic (exact) mass is 365 g/mol. The third-order valence-corrected chi connectivity index (χ3v) is 5.74. The summed E-state index contributed by atoms with van der Waals surface area (Å²) in [7, 11) is -0.624. The first-order valence-corrected chi connectivity index (χ1v) is 9.44. The molecule has 0 fully saturated rings. The SMILES string of the molecule is Cc1[nH]n(-c2ccc(S(=N)C(C)C)cn2)c(=O)c1-c1ccc(C#N)cc1. The first-order valence-electron chi connectivity index (χ1n) is 8.15. The van der Waals surface area contributed by atoms with Crippen LogP contribution >= 0.6 is 0 Å². The number of rotatable bonds is 4.